The van der Waals surface area contributed by atoms with Crippen LogP contribution in [0.4, 0.5) is 15.8 Å². The lowest BCUT2D eigenvalue weighted by Crippen LogP contribution is -2.16. The second-order valence-corrected chi connectivity index (χ2v) is 7.67. The third-order valence-corrected chi connectivity index (χ3v) is 5.72. The highest BCUT2D eigenvalue weighted by molar-refractivity contribution is 5.95. The van der Waals surface area contributed by atoms with E-state index in [0.29, 0.717) is 17.1 Å². The number of hydrogen-bond donors (Lipinski definition) is 2. The number of fused-ring (bicyclic) bond motifs is 1. The third kappa shape index (κ3) is 2.63. The summed E-state index contributed by atoms with van der Waals surface area (Å²) >= 11 is 0. The summed E-state index contributed by atoms with van der Waals surface area (Å²) in [5.41, 5.74) is 7.46. The first-order chi connectivity index (χ1) is 13.6. The van der Waals surface area contributed by atoms with Crippen LogP contribution < -0.4 is 16.5 Å². The van der Waals surface area contributed by atoms with Crippen molar-refractivity contribution < 1.29 is 4.39 Å². The number of rotatable bonds is 4. The van der Waals surface area contributed by atoms with Gasteiger partial charge in [0.2, 0.25) is 5.43 Å². The van der Waals surface area contributed by atoms with Gasteiger partial charge in [-0.2, -0.15) is 5.26 Å². The van der Waals surface area contributed by atoms with Crippen molar-refractivity contribution in [1.29, 1.82) is 5.26 Å². The van der Waals surface area contributed by atoms with E-state index < -0.39 is 11.2 Å². The second kappa shape index (κ2) is 6.10. The summed E-state index contributed by atoms with van der Waals surface area (Å²) in [5, 5.41) is 12.6. The van der Waals surface area contributed by atoms with Crippen molar-refractivity contribution in [2.75, 3.05) is 11.1 Å². The topological polar surface area (TPSA) is 83.8 Å². The lowest BCUT2D eigenvalue weighted by Gasteiger charge is -2.16. The Morgan fingerprint density at radius 3 is 2.68 bits per heavy atom. The summed E-state index contributed by atoms with van der Waals surface area (Å²) in [7, 11) is 0. The van der Waals surface area contributed by atoms with Crippen LogP contribution in [-0.2, 0) is 0 Å². The van der Waals surface area contributed by atoms with E-state index in [2.05, 4.69) is 17.4 Å². The van der Waals surface area contributed by atoms with Crippen LogP contribution in [-0.4, -0.2) is 10.6 Å². The summed E-state index contributed by atoms with van der Waals surface area (Å²) in [6.07, 6.45) is 4.45. The zero-order chi connectivity index (χ0) is 19.4. The van der Waals surface area contributed by atoms with E-state index in [9.17, 15) is 14.4 Å². The summed E-state index contributed by atoms with van der Waals surface area (Å²) < 4.78 is 16.9. The molecule has 0 amide bonds. The predicted octanol–water partition coefficient (Wildman–Crippen LogP) is 3.90. The third-order valence-electron chi connectivity index (χ3n) is 5.72. The van der Waals surface area contributed by atoms with Crippen LogP contribution in [0.5, 0.6) is 0 Å². The Morgan fingerprint density at radius 2 is 2.00 bits per heavy atom. The SMILES string of the molecule is N#Cc1cn(C2CC2)c2cc(NC3CC3c3ccccc3)c(F)c(N)c2c1=O. The zero-order valence-electron chi connectivity index (χ0n) is 15.2. The van der Waals surface area contributed by atoms with Crippen LogP contribution in [0.25, 0.3) is 10.9 Å². The van der Waals surface area contributed by atoms with Crippen molar-refractivity contribution in [2.24, 2.45) is 0 Å². The van der Waals surface area contributed by atoms with Crippen LogP contribution in [0, 0.1) is 17.1 Å². The number of aromatic nitrogens is 1. The second-order valence-electron chi connectivity index (χ2n) is 7.67. The Bertz CT molecular complexity index is 1190. The van der Waals surface area contributed by atoms with Gasteiger partial charge < -0.3 is 15.6 Å². The van der Waals surface area contributed by atoms with Gasteiger partial charge in [0.25, 0.3) is 0 Å². The fraction of sp³-hybridized carbons (Fsp3) is 0.273. The van der Waals surface area contributed by atoms with Gasteiger partial charge in [-0.15, -0.1) is 0 Å². The molecule has 0 bridgehead atoms. The number of nitrogens with two attached hydrogens (primary N) is 1. The van der Waals surface area contributed by atoms with Crippen molar-refractivity contribution in [2.45, 2.75) is 37.3 Å². The molecule has 2 fully saturated rings. The van der Waals surface area contributed by atoms with Gasteiger partial charge in [0.15, 0.2) is 5.82 Å². The molecule has 2 aliphatic carbocycles. The molecule has 2 saturated carbocycles. The van der Waals surface area contributed by atoms with Crippen LogP contribution >= 0.6 is 0 Å². The van der Waals surface area contributed by atoms with Crippen LogP contribution in [0.3, 0.4) is 0 Å². The number of nitrogens with one attached hydrogen (secondary N) is 1. The molecule has 2 unspecified atom stereocenters. The van der Waals surface area contributed by atoms with Gasteiger partial charge in [0, 0.05) is 24.2 Å². The van der Waals surface area contributed by atoms with Gasteiger partial charge in [-0.25, -0.2) is 4.39 Å². The van der Waals surface area contributed by atoms with Crippen molar-refractivity contribution >= 4 is 22.3 Å². The molecular formula is C22H19FN4O. The molecule has 140 valence electrons. The van der Waals surface area contributed by atoms with Gasteiger partial charge in [-0.3, -0.25) is 4.79 Å². The maximum absolute atomic E-state index is 15.0. The van der Waals surface area contributed by atoms with E-state index in [1.54, 1.807) is 12.3 Å². The van der Waals surface area contributed by atoms with Gasteiger partial charge in [0.1, 0.15) is 11.6 Å². The zero-order valence-corrected chi connectivity index (χ0v) is 15.2. The summed E-state index contributed by atoms with van der Waals surface area (Å²) in [4.78, 5) is 12.6. The lowest BCUT2D eigenvalue weighted by atomic mass is 10.1. The summed E-state index contributed by atoms with van der Waals surface area (Å²) in [5.74, 6) is -0.287. The Morgan fingerprint density at radius 1 is 1.25 bits per heavy atom. The molecule has 0 aliphatic heterocycles. The van der Waals surface area contributed by atoms with Gasteiger partial charge in [-0.05, 0) is 30.9 Å². The molecule has 2 atom stereocenters. The maximum Gasteiger partial charge on any atom is 0.209 e. The number of nitrogens with zero attached hydrogens (tertiary/aromatic N) is 2. The first kappa shape index (κ1) is 16.8. The molecule has 1 heterocycles. The fourth-order valence-corrected chi connectivity index (χ4v) is 3.97. The van der Waals surface area contributed by atoms with E-state index in [0.717, 1.165) is 19.3 Å². The standard InChI is InChI=1S/C22H19FN4O/c23-20-17(26-16-8-15(16)12-4-2-1-3-5-12)9-18-19(21(20)25)22(28)13(10-24)11-27(18)14-6-7-14/h1-5,9,11,14-16,26H,6-8,25H2. The number of benzene rings is 2. The number of hydrogen-bond acceptors (Lipinski definition) is 4. The number of anilines is 2. The van der Waals surface area contributed by atoms with Gasteiger partial charge in [-0.1, -0.05) is 30.3 Å². The Labute approximate surface area is 161 Å². The first-order valence-electron chi connectivity index (χ1n) is 9.47. The Balaban J connectivity index is 1.58. The normalized spacial score (nSPS) is 20.7. The molecule has 5 nitrogen and oxygen atoms in total. The molecule has 0 saturated heterocycles. The maximum atomic E-state index is 15.0. The van der Waals surface area contributed by atoms with Gasteiger partial charge in [0.05, 0.1) is 22.3 Å². The molecular weight excluding hydrogens is 355 g/mol. The van der Waals surface area contributed by atoms with Crippen molar-refractivity contribution in [3.63, 3.8) is 0 Å². The van der Waals surface area contributed by atoms with Crippen molar-refractivity contribution in [3.8, 4) is 6.07 Å². The minimum absolute atomic E-state index is 0.00227. The molecule has 28 heavy (non-hydrogen) atoms. The highest BCUT2D eigenvalue weighted by atomic mass is 19.1. The van der Waals surface area contributed by atoms with Crippen molar-refractivity contribution in [3.05, 3.63) is 69.8 Å². The number of nitrogen functional groups attached to an aromatic ring is 1. The predicted molar refractivity (Wildman–Crippen MR) is 107 cm³/mol. The van der Waals surface area contributed by atoms with E-state index >= 15 is 0 Å². The number of halogens is 1. The van der Waals surface area contributed by atoms with E-state index in [1.807, 2.05) is 28.8 Å². The van der Waals surface area contributed by atoms with Crippen LogP contribution in [0.15, 0.2) is 47.4 Å². The molecule has 6 heteroatoms. The minimum Gasteiger partial charge on any atom is -0.396 e. The molecule has 3 aromatic rings. The minimum atomic E-state index is -0.624. The monoisotopic (exact) mass is 374 g/mol. The van der Waals surface area contributed by atoms with E-state index in [4.69, 9.17) is 5.73 Å². The Hall–Kier alpha value is -3.33. The molecule has 3 N–H and O–H groups in total. The average molecular weight is 374 g/mol. The fourth-order valence-electron chi connectivity index (χ4n) is 3.97. The largest absolute Gasteiger partial charge is 0.396 e. The van der Waals surface area contributed by atoms with E-state index in [-0.39, 0.29) is 28.7 Å². The van der Waals surface area contributed by atoms with Crippen LogP contribution in [0.2, 0.25) is 0 Å². The lowest BCUT2D eigenvalue weighted by molar-refractivity contribution is 0.635. The Kier molecular flexibility index (Phi) is 3.66. The number of nitriles is 1. The average Bonchev–Trinajstić information content (AvgIpc) is 3.61. The quantitative estimate of drug-likeness (QED) is 0.679. The molecule has 5 rings (SSSR count). The first-order valence-corrected chi connectivity index (χ1v) is 9.47. The molecule has 0 spiro atoms. The molecule has 0 radical (unpaired) electrons. The molecule has 1 aromatic heterocycles. The summed E-state index contributed by atoms with van der Waals surface area (Å²) in [6.45, 7) is 0. The molecule has 2 aliphatic rings. The number of pyridine rings is 1. The highest BCUT2D eigenvalue weighted by Gasteiger charge is 2.39. The smallest absolute Gasteiger partial charge is 0.209 e. The summed E-state index contributed by atoms with van der Waals surface area (Å²) in [6, 6.07) is 14.1. The van der Waals surface area contributed by atoms with Gasteiger partial charge >= 0.3 is 0 Å². The van der Waals surface area contributed by atoms with Crippen LogP contribution in [0.1, 0.15) is 42.3 Å². The van der Waals surface area contributed by atoms with Crippen molar-refractivity contribution in [1.82, 2.24) is 4.57 Å². The molecule has 2 aromatic carbocycles. The highest BCUT2D eigenvalue weighted by Crippen LogP contribution is 2.44. The van der Waals surface area contributed by atoms with E-state index in [1.165, 1.54) is 5.56 Å².